The van der Waals surface area contributed by atoms with Gasteiger partial charge in [-0.1, -0.05) is 19.1 Å². The highest BCUT2D eigenvalue weighted by Crippen LogP contribution is 2.29. The maximum Gasteiger partial charge on any atom is 0.433 e. The molecular weight excluding hydrogens is 362 g/mol. The standard InChI is InChI=1S/C20H21N3O5/c1-3-14-9-7-13(11-18(14)27-2)8-10-19(24)22-21-16-5-4-6-17-15(16)12-20(28-17)23(25)26/h7-12H,3-6H2,1-2H3,(H,22,24)/b10-8+,21-16+. The molecule has 0 spiro atoms. The van der Waals surface area contributed by atoms with Gasteiger partial charge in [0.25, 0.3) is 5.91 Å². The van der Waals surface area contributed by atoms with E-state index in [-0.39, 0.29) is 5.88 Å². The first-order valence-corrected chi connectivity index (χ1v) is 9.00. The van der Waals surface area contributed by atoms with Gasteiger partial charge >= 0.3 is 5.88 Å². The van der Waals surface area contributed by atoms with E-state index in [0.717, 1.165) is 29.7 Å². The van der Waals surface area contributed by atoms with Crippen LogP contribution in [0, 0.1) is 10.1 Å². The van der Waals surface area contributed by atoms with E-state index in [1.807, 2.05) is 25.1 Å². The average Bonchev–Trinajstić information content (AvgIpc) is 3.15. The van der Waals surface area contributed by atoms with Crippen molar-refractivity contribution in [2.45, 2.75) is 32.6 Å². The molecule has 0 radical (unpaired) electrons. The van der Waals surface area contributed by atoms with Gasteiger partial charge in [-0.15, -0.1) is 0 Å². The van der Waals surface area contributed by atoms with Crippen LogP contribution < -0.4 is 10.2 Å². The van der Waals surface area contributed by atoms with E-state index in [0.29, 0.717) is 29.9 Å². The Bertz CT molecular complexity index is 959. The molecule has 0 saturated heterocycles. The van der Waals surface area contributed by atoms with Crippen LogP contribution in [0.5, 0.6) is 5.75 Å². The lowest BCUT2D eigenvalue weighted by atomic mass is 9.97. The first-order chi connectivity index (χ1) is 13.5. The number of nitrogens with one attached hydrogen (secondary N) is 1. The van der Waals surface area contributed by atoms with Gasteiger partial charge in [0.1, 0.15) is 16.4 Å². The van der Waals surface area contributed by atoms with Crippen molar-refractivity contribution < 1.29 is 18.9 Å². The molecule has 0 aliphatic heterocycles. The highest BCUT2D eigenvalue weighted by atomic mass is 16.6. The minimum absolute atomic E-state index is 0.310. The Morgan fingerprint density at radius 3 is 2.93 bits per heavy atom. The number of rotatable bonds is 6. The smallest absolute Gasteiger partial charge is 0.433 e. The molecule has 0 bridgehead atoms. The van der Waals surface area contributed by atoms with Crippen LogP contribution in [-0.2, 0) is 17.6 Å². The average molecular weight is 383 g/mol. The van der Waals surface area contributed by atoms with Gasteiger partial charge in [-0.3, -0.25) is 14.9 Å². The number of methoxy groups -OCH3 is 1. The number of hydrazone groups is 1. The third-order valence-electron chi connectivity index (χ3n) is 4.52. The van der Waals surface area contributed by atoms with E-state index in [1.165, 1.54) is 12.1 Å². The number of hydrogen-bond acceptors (Lipinski definition) is 6. The Kier molecular flexibility index (Phi) is 5.88. The molecule has 1 amide bonds. The molecule has 1 heterocycles. The van der Waals surface area contributed by atoms with Gasteiger partial charge in [-0.05, 0) is 42.5 Å². The van der Waals surface area contributed by atoms with Crippen LogP contribution in [0.15, 0.2) is 39.9 Å². The third kappa shape index (κ3) is 4.28. The fourth-order valence-corrected chi connectivity index (χ4v) is 3.09. The summed E-state index contributed by atoms with van der Waals surface area (Å²) in [5.41, 5.74) is 5.57. The van der Waals surface area contributed by atoms with Crippen LogP contribution >= 0.6 is 0 Å². The third-order valence-corrected chi connectivity index (χ3v) is 4.52. The van der Waals surface area contributed by atoms with Gasteiger partial charge in [0.05, 0.1) is 18.9 Å². The van der Waals surface area contributed by atoms with Crippen LogP contribution in [-0.4, -0.2) is 23.7 Å². The fourth-order valence-electron chi connectivity index (χ4n) is 3.09. The van der Waals surface area contributed by atoms with Gasteiger partial charge in [0, 0.05) is 18.1 Å². The number of ether oxygens (including phenoxy) is 1. The number of aryl methyl sites for hydroxylation is 2. The number of furan rings is 1. The van der Waals surface area contributed by atoms with Crippen molar-refractivity contribution in [3.63, 3.8) is 0 Å². The van der Waals surface area contributed by atoms with Crippen molar-refractivity contribution in [1.82, 2.24) is 5.43 Å². The summed E-state index contributed by atoms with van der Waals surface area (Å²) in [6.45, 7) is 2.05. The number of carbonyl (C=O) groups is 1. The number of benzene rings is 1. The molecule has 8 nitrogen and oxygen atoms in total. The zero-order chi connectivity index (χ0) is 20.1. The van der Waals surface area contributed by atoms with Crippen molar-refractivity contribution in [3.8, 4) is 5.75 Å². The molecule has 1 N–H and O–H groups in total. The molecule has 1 aromatic heterocycles. The largest absolute Gasteiger partial charge is 0.496 e. The maximum atomic E-state index is 12.1. The normalized spacial score (nSPS) is 14.9. The van der Waals surface area contributed by atoms with E-state index in [9.17, 15) is 14.9 Å². The SMILES string of the molecule is CCc1ccc(/C=C/C(=O)N/N=C2\CCCc3oc([N+](=O)[O-])cc32)cc1OC. The van der Waals surface area contributed by atoms with Crippen LogP contribution in [0.2, 0.25) is 0 Å². The first-order valence-electron chi connectivity index (χ1n) is 9.00. The molecule has 28 heavy (non-hydrogen) atoms. The summed E-state index contributed by atoms with van der Waals surface area (Å²) in [4.78, 5) is 22.4. The first kappa shape index (κ1) is 19.3. The summed E-state index contributed by atoms with van der Waals surface area (Å²) in [5.74, 6) is 0.609. The Hall–Kier alpha value is -3.42. The van der Waals surface area contributed by atoms with Gasteiger partial charge < -0.3 is 9.15 Å². The van der Waals surface area contributed by atoms with Crippen molar-refractivity contribution >= 4 is 23.6 Å². The molecule has 8 heteroatoms. The number of hydrogen-bond donors (Lipinski definition) is 1. The quantitative estimate of drug-likeness (QED) is 0.466. The predicted molar refractivity (Wildman–Crippen MR) is 104 cm³/mol. The second-order valence-corrected chi connectivity index (χ2v) is 6.32. The number of fused-ring (bicyclic) bond motifs is 1. The van der Waals surface area contributed by atoms with E-state index < -0.39 is 10.8 Å². The van der Waals surface area contributed by atoms with E-state index in [1.54, 1.807) is 13.2 Å². The number of amides is 1. The molecule has 3 rings (SSSR count). The maximum absolute atomic E-state index is 12.1. The molecule has 1 aromatic carbocycles. The molecule has 146 valence electrons. The Balaban J connectivity index is 1.69. The highest BCUT2D eigenvalue weighted by Gasteiger charge is 2.25. The van der Waals surface area contributed by atoms with Crippen LogP contribution in [0.25, 0.3) is 6.08 Å². The molecule has 0 saturated carbocycles. The zero-order valence-electron chi connectivity index (χ0n) is 15.7. The number of carbonyl (C=O) groups excluding carboxylic acids is 1. The lowest BCUT2D eigenvalue weighted by molar-refractivity contribution is -0.402. The minimum Gasteiger partial charge on any atom is -0.496 e. The van der Waals surface area contributed by atoms with Crippen molar-refractivity contribution in [2.24, 2.45) is 5.10 Å². The van der Waals surface area contributed by atoms with Crippen LogP contribution in [0.4, 0.5) is 5.88 Å². The number of nitro groups is 1. The Morgan fingerprint density at radius 1 is 1.39 bits per heavy atom. The lowest BCUT2D eigenvalue weighted by Crippen LogP contribution is -2.19. The summed E-state index contributed by atoms with van der Waals surface area (Å²) in [6.07, 6.45) is 5.90. The van der Waals surface area contributed by atoms with Crippen molar-refractivity contribution in [1.29, 1.82) is 0 Å². The summed E-state index contributed by atoms with van der Waals surface area (Å²) in [6, 6.07) is 7.10. The second kappa shape index (κ2) is 8.51. The topological polar surface area (TPSA) is 107 Å². The Labute approximate surface area is 162 Å². The number of nitrogens with zero attached hydrogens (tertiary/aromatic N) is 2. The van der Waals surface area contributed by atoms with E-state index >= 15 is 0 Å². The van der Waals surface area contributed by atoms with E-state index in [4.69, 9.17) is 9.15 Å². The summed E-state index contributed by atoms with van der Waals surface area (Å²) in [5, 5.41) is 15.0. The Morgan fingerprint density at radius 2 is 2.21 bits per heavy atom. The van der Waals surface area contributed by atoms with Crippen LogP contribution in [0.3, 0.4) is 0 Å². The fraction of sp³-hybridized carbons (Fsp3) is 0.300. The predicted octanol–water partition coefficient (Wildman–Crippen LogP) is 3.63. The van der Waals surface area contributed by atoms with Crippen molar-refractivity contribution in [3.05, 3.63) is 62.9 Å². The zero-order valence-corrected chi connectivity index (χ0v) is 15.7. The minimum atomic E-state index is -0.574. The molecule has 1 aliphatic carbocycles. The van der Waals surface area contributed by atoms with Gasteiger partial charge in [0.15, 0.2) is 0 Å². The molecule has 2 aromatic rings. The van der Waals surface area contributed by atoms with Crippen LogP contribution in [0.1, 0.15) is 42.2 Å². The summed E-state index contributed by atoms with van der Waals surface area (Å²) in [7, 11) is 1.61. The molecule has 0 fully saturated rings. The second-order valence-electron chi connectivity index (χ2n) is 6.32. The molecule has 1 aliphatic rings. The van der Waals surface area contributed by atoms with Gasteiger partial charge in [-0.25, -0.2) is 5.43 Å². The molecular formula is C20H21N3O5. The summed E-state index contributed by atoms with van der Waals surface area (Å²) >= 11 is 0. The van der Waals surface area contributed by atoms with Gasteiger partial charge in [-0.2, -0.15) is 5.10 Å². The van der Waals surface area contributed by atoms with Crippen molar-refractivity contribution in [2.75, 3.05) is 7.11 Å². The monoisotopic (exact) mass is 383 g/mol. The van der Waals surface area contributed by atoms with Gasteiger partial charge in [0.2, 0.25) is 0 Å². The highest BCUT2D eigenvalue weighted by molar-refractivity contribution is 6.03. The molecule has 0 atom stereocenters. The summed E-state index contributed by atoms with van der Waals surface area (Å²) < 4.78 is 10.6. The lowest BCUT2D eigenvalue weighted by Gasteiger charge is -2.11. The van der Waals surface area contributed by atoms with E-state index in [2.05, 4.69) is 10.5 Å². The molecule has 0 unspecified atom stereocenters.